The lowest BCUT2D eigenvalue weighted by atomic mass is 10.00. The van der Waals surface area contributed by atoms with Crippen LogP contribution in [0.15, 0.2) is 24.3 Å². The van der Waals surface area contributed by atoms with E-state index in [0.29, 0.717) is 0 Å². The van der Waals surface area contributed by atoms with Crippen LogP contribution in [0.3, 0.4) is 0 Å². The number of aliphatic hydroxyl groups excluding tert-OH is 2. The smallest absolute Gasteiger partial charge is 0.151 e. The summed E-state index contributed by atoms with van der Waals surface area (Å²) in [5, 5.41) is 18.2. The first-order valence-electron chi connectivity index (χ1n) is 5.84. The number of benzene rings is 1. The van der Waals surface area contributed by atoms with Gasteiger partial charge in [0.15, 0.2) is 9.84 Å². The number of hydrogen-bond donors (Lipinski definition) is 2. The molecule has 18 heavy (non-hydrogen) atoms. The molecule has 2 rings (SSSR count). The van der Waals surface area contributed by atoms with Gasteiger partial charge in [0.1, 0.15) is 0 Å². The molecule has 1 aromatic carbocycles. The molecule has 0 aliphatic heterocycles. The molecule has 0 radical (unpaired) electrons. The monoisotopic (exact) mass is 270 g/mol. The molecule has 0 unspecified atom stereocenters. The minimum atomic E-state index is -3.29. The van der Waals surface area contributed by atoms with E-state index in [0.717, 1.165) is 17.4 Å². The van der Waals surface area contributed by atoms with Gasteiger partial charge in [-0.05, 0) is 12.5 Å². The molecule has 4 nitrogen and oxygen atoms in total. The molecule has 1 aliphatic carbocycles. The van der Waals surface area contributed by atoms with Crippen molar-refractivity contribution in [2.75, 3.05) is 19.5 Å². The van der Waals surface area contributed by atoms with Crippen LogP contribution >= 0.6 is 0 Å². The molecule has 1 aliphatic rings. The van der Waals surface area contributed by atoms with E-state index in [4.69, 9.17) is 0 Å². The van der Waals surface area contributed by atoms with Crippen LogP contribution in [0.25, 0.3) is 0 Å². The van der Waals surface area contributed by atoms with E-state index in [1.807, 2.05) is 31.2 Å². The predicted molar refractivity (Wildman–Crippen MR) is 69.2 cm³/mol. The van der Waals surface area contributed by atoms with Crippen LogP contribution in [0.5, 0.6) is 0 Å². The summed E-state index contributed by atoms with van der Waals surface area (Å²) in [6.45, 7) is 1.32. The summed E-state index contributed by atoms with van der Waals surface area (Å²) in [5.41, 5.74) is 1.02. The normalized spacial score (nSPS) is 26.0. The Kier molecular flexibility index (Phi) is 3.25. The molecule has 0 aromatic heterocycles. The van der Waals surface area contributed by atoms with Gasteiger partial charge in [-0.25, -0.2) is 8.42 Å². The van der Waals surface area contributed by atoms with E-state index >= 15 is 0 Å². The molecule has 0 saturated heterocycles. The van der Waals surface area contributed by atoms with Gasteiger partial charge < -0.3 is 10.2 Å². The second-order valence-corrected chi connectivity index (χ2v) is 7.35. The Morgan fingerprint density at radius 1 is 1.17 bits per heavy atom. The van der Waals surface area contributed by atoms with E-state index in [1.165, 1.54) is 0 Å². The van der Waals surface area contributed by atoms with E-state index in [9.17, 15) is 18.6 Å². The van der Waals surface area contributed by atoms with Gasteiger partial charge in [0, 0.05) is 17.6 Å². The summed E-state index contributed by atoms with van der Waals surface area (Å²) < 4.78 is 23.5. The van der Waals surface area contributed by atoms with Gasteiger partial charge in [-0.3, -0.25) is 0 Å². The molecule has 2 atom stereocenters. The Balaban J connectivity index is 2.41. The zero-order valence-electron chi connectivity index (χ0n) is 10.5. The first kappa shape index (κ1) is 13.5. The van der Waals surface area contributed by atoms with Crippen LogP contribution in [0.4, 0.5) is 0 Å². The van der Waals surface area contributed by atoms with Gasteiger partial charge in [-0.15, -0.1) is 0 Å². The minimum absolute atomic E-state index is 0.317. The standard InChI is InChI=1S/C13H18O4S/c1-9-3-5-10(6-4-9)11-12(18(2,16)17)13(11,7-14)8-15/h3-6,11-12,14-15H,7-8H2,1-2H3/t11-,12+/m0/s1. The predicted octanol–water partition coefficient (Wildman–Crippen LogP) is 0.476. The summed E-state index contributed by atoms with van der Waals surface area (Å²) in [7, 11) is -3.29. The van der Waals surface area contributed by atoms with Gasteiger partial charge in [-0.1, -0.05) is 29.8 Å². The van der Waals surface area contributed by atoms with Crippen molar-refractivity contribution in [3.63, 3.8) is 0 Å². The summed E-state index contributed by atoms with van der Waals surface area (Å²) in [4.78, 5) is 0. The van der Waals surface area contributed by atoms with Crippen LogP contribution < -0.4 is 0 Å². The maximum atomic E-state index is 11.8. The van der Waals surface area contributed by atoms with Gasteiger partial charge >= 0.3 is 0 Å². The fraction of sp³-hybridized carbons (Fsp3) is 0.538. The second kappa shape index (κ2) is 4.33. The molecule has 2 N–H and O–H groups in total. The van der Waals surface area contributed by atoms with Gasteiger partial charge in [0.2, 0.25) is 0 Å². The van der Waals surface area contributed by atoms with Gasteiger partial charge in [0.05, 0.1) is 18.5 Å². The quantitative estimate of drug-likeness (QED) is 0.834. The average molecular weight is 270 g/mol. The van der Waals surface area contributed by atoms with Crippen LogP contribution in [-0.2, 0) is 9.84 Å². The van der Waals surface area contributed by atoms with Crippen molar-refractivity contribution >= 4 is 9.84 Å². The van der Waals surface area contributed by atoms with Crippen molar-refractivity contribution < 1.29 is 18.6 Å². The topological polar surface area (TPSA) is 74.6 Å². The molecule has 1 aromatic rings. The Labute approximate surface area is 107 Å². The van der Waals surface area contributed by atoms with Crippen molar-refractivity contribution in [2.24, 2.45) is 5.41 Å². The number of aryl methyl sites for hydroxylation is 1. The van der Waals surface area contributed by atoms with E-state index in [-0.39, 0.29) is 19.1 Å². The molecule has 0 heterocycles. The SMILES string of the molecule is Cc1ccc([C@H]2[C@@H](S(C)(=O)=O)C2(CO)CO)cc1. The van der Waals surface area contributed by atoms with Gasteiger partial charge in [-0.2, -0.15) is 0 Å². The van der Waals surface area contributed by atoms with Gasteiger partial charge in [0.25, 0.3) is 0 Å². The van der Waals surface area contributed by atoms with Crippen molar-refractivity contribution in [1.29, 1.82) is 0 Å². The molecule has 5 heteroatoms. The number of hydrogen-bond acceptors (Lipinski definition) is 4. The third-order valence-corrected chi connectivity index (χ3v) is 5.53. The van der Waals surface area contributed by atoms with E-state index < -0.39 is 20.5 Å². The second-order valence-electron chi connectivity index (χ2n) is 5.19. The minimum Gasteiger partial charge on any atom is -0.396 e. The number of aliphatic hydroxyl groups is 2. The van der Waals surface area contributed by atoms with Crippen LogP contribution in [-0.4, -0.2) is 43.4 Å². The molecule has 0 spiro atoms. The van der Waals surface area contributed by atoms with E-state index in [1.54, 1.807) is 0 Å². The largest absolute Gasteiger partial charge is 0.396 e. The third kappa shape index (κ3) is 1.96. The first-order valence-corrected chi connectivity index (χ1v) is 7.79. The first-order chi connectivity index (χ1) is 8.36. The van der Waals surface area contributed by atoms with Crippen LogP contribution in [0.2, 0.25) is 0 Å². The lowest BCUT2D eigenvalue weighted by molar-refractivity contribution is 0.130. The van der Waals surface area contributed by atoms with Crippen molar-refractivity contribution in [3.8, 4) is 0 Å². The third-order valence-electron chi connectivity index (χ3n) is 3.87. The molecular weight excluding hydrogens is 252 g/mol. The highest BCUT2D eigenvalue weighted by Gasteiger charge is 2.69. The lowest BCUT2D eigenvalue weighted by Gasteiger charge is -2.10. The Hall–Kier alpha value is -0.910. The highest BCUT2D eigenvalue weighted by atomic mass is 32.2. The summed E-state index contributed by atoms with van der Waals surface area (Å²) in [6.07, 6.45) is 1.16. The van der Waals surface area contributed by atoms with Crippen LogP contribution in [0, 0.1) is 12.3 Å². The Morgan fingerprint density at radius 2 is 1.67 bits per heavy atom. The highest BCUT2D eigenvalue weighted by Crippen LogP contribution is 2.62. The lowest BCUT2D eigenvalue weighted by Crippen LogP contribution is -2.22. The van der Waals surface area contributed by atoms with Crippen molar-refractivity contribution in [2.45, 2.75) is 18.1 Å². The average Bonchev–Trinajstić information content (AvgIpc) is 3.00. The molecular formula is C13H18O4S. The summed E-state index contributed by atoms with van der Waals surface area (Å²) in [5.74, 6) is -0.317. The highest BCUT2D eigenvalue weighted by molar-refractivity contribution is 7.91. The van der Waals surface area contributed by atoms with Crippen molar-refractivity contribution in [3.05, 3.63) is 35.4 Å². The Morgan fingerprint density at radius 3 is 2.00 bits per heavy atom. The Bertz CT molecular complexity index is 529. The van der Waals surface area contributed by atoms with E-state index in [2.05, 4.69) is 0 Å². The molecule has 1 saturated carbocycles. The molecule has 0 amide bonds. The zero-order valence-corrected chi connectivity index (χ0v) is 11.3. The number of rotatable bonds is 4. The van der Waals surface area contributed by atoms with Crippen LogP contribution in [0.1, 0.15) is 17.0 Å². The summed E-state index contributed by atoms with van der Waals surface area (Å²) in [6, 6.07) is 7.55. The molecule has 100 valence electrons. The molecule has 0 bridgehead atoms. The maximum Gasteiger partial charge on any atom is 0.151 e. The fourth-order valence-corrected chi connectivity index (χ4v) is 4.83. The van der Waals surface area contributed by atoms with Crippen molar-refractivity contribution in [1.82, 2.24) is 0 Å². The zero-order chi connectivity index (χ0) is 13.6. The fourth-order valence-electron chi connectivity index (χ4n) is 2.83. The number of sulfone groups is 1. The molecule has 1 fully saturated rings. The maximum absolute atomic E-state index is 11.8. The summed E-state index contributed by atoms with van der Waals surface area (Å²) >= 11 is 0.